The normalized spacial score (nSPS) is 11.3. The Morgan fingerprint density at radius 3 is 2.40 bits per heavy atom. The van der Waals surface area contributed by atoms with Crippen molar-refractivity contribution in [2.24, 2.45) is 0 Å². The van der Waals surface area contributed by atoms with E-state index in [4.69, 9.17) is 13.7 Å². The zero-order chi connectivity index (χ0) is 18.0. The third-order valence-corrected chi connectivity index (χ3v) is 5.38. The summed E-state index contributed by atoms with van der Waals surface area (Å²) < 4.78 is 41.9. The van der Waals surface area contributed by atoms with Gasteiger partial charge in [-0.1, -0.05) is 18.2 Å². The van der Waals surface area contributed by atoms with Crippen molar-refractivity contribution in [2.45, 2.75) is 4.90 Å². The first kappa shape index (κ1) is 17.5. The summed E-state index contributed by atoms with van der Waals surface area (Å²) in [6.07, 6.45) is 1.57. The van der Waals surface area contributed by atoms with Crippen molar-refractivity contribution < 1.29 is 22.1 Å². The molecule has 130 valence electrons. The molecule has 0 aliphatic rings. The molecule has 0 saturated carbocycles. The first-order valence-electron chi connectivity index (χ1n) is 7.16. The third-order valence-electron chi connectivity index (χ3n) is 3.50. The molecule has 0 saturated heterocycles. The Balaban J connectivity index is 2.11. The lowest BCUT2D eigenvalue weighted by atomic mass is 10.2. The zero-order valence-corrected chi connectivity index (χ0v) is 15.8. The van der Waals surface area contributed by atoms with Crippen molar-refractivity contribution in [3.8, 4) is 17.2 Å². The standard InChI is InChI=1S/C17H14BrNO5S/c1-22-14-10-16(15(23-2)9-12(14)18)25(20,21)24-13-7-3-5-11-6-4-8-19-17(11)13/h3-10H,1-2H3. The number of para-hydroxylation sites is 1. The van der Waals surface area contributed by atoms with Gasteiger partial charge in [-0.25, -0.2) is 0 Å². The Hall–Kier alpha value is -2.32. The molecule has 0 unspecified atom stereocenters. The van der Waals surface area contributed by atoms with Gasteiger partial charge in [0.15, 0.2) is 10.6 Å². The highest BCUT2D eigenvalue weighted by Gasteiger charge is 2.25. The first-order valence-corrected chi connectivity index (χ1v) is 9.36. The number of ether oxygens (including phenoxy) is 2. The minimum Gasteiger partial charge on any atom is -0.496 e. The highest BCUT2D eigenvalue weighted by atomic mass is 79.9. The van der Waals surface area contributed by atoms with E-state index in [1.54, 1.807) is 24.4 Å². The fourth-order valence-corrected chi connectivity index (χ4v) is 3.92. The summed E-state index contributed by atoms with van der Waals surface area (Å²) in [5, 5.41) is 0.774. The van der Waals surface area contributed by atoms with Crippen LogP contribution in [0.15, 0.2) is 58.0 Å². The van der Waals surface area contributed by atoms with Crippen molar-refractivity contribution in [2.75, 3.05) is 14.2 Å². The van der Waals surface area contributed by atoms with Crippen LogP contribution in [0.5, 0.6) is 17.2 Å². The Labute approximate surface area is 153 Å². The van der Waals surface area contributed by atoms with Crippen molar-refractivity contribution >= 4 is 37.0 Å². The predicted molar refractivity (Wildman–Crippen MR) is 96.8 cm³/mol. The molecular formula is C17H14BrNO5S. The van der Waals surface area contributed by atoms with E-state index >= 15 is 0 Å². The summed E-state index contributed by atoms with van der Waals surface area (Å²) in [5.74, 6) is 0.627. The number of fused-ring (bicyclic) bond motifs is 1. The second-order valence-electron chi connectivity index (χ2n) is 5.01. The van der Waals surface area contributed by atoms with Gasteiger partial charge in [0.2, 0.25) is 0 Å². The average molecular weight is 424 g/mol. The molecule has 0 spiro atoms. The SMILES string of the molecule is COc1cc(S(=O)(=O)Oc2cccc3cccnc23)c(OC)cc1Br. The van der Waals surface area contributed by atoms with Crippen molar-refractivity contribution in [1.29, 1.82) is 0 Å². The van der Waals surface area contributed by atoms with Crippen LogP contribution >= 0.6 is 15.9 Å². The van der Waals surface area contributed by atoms with Gasteiger partial charge >= 0.3 is 10.1 Å². The monoisotopic (exact) mass is 423 g/mol. The largest absolute Gasteiger partial charge is 0.496 e. The van der Waals surface area contributed by atoms with Gasteiger partial charge in [-0.2, -0.15) is 8.42 Å². The minimum atomic E-state index is -4.16. The van der Waals surface area contributed by atoms with Gasteiger partial charge in [-0.3, -0.25) is 4.98 Å². The Kier molecular flexibility index (Phi) is 4.82. The average Bonchev–Trinajstić information content (AvgIpc) is 2.61. The van der Waals surface area contributed by atoms with Gasteiger partial charge in [0.25, 0.3) is 0 Å². The van der Waals surface area contributed by atoms with E-state index in [2.05, 4.69) is 20.9 Å². The molecule has 8 heteroatoms. The van der Waals surface area contributed by atoms with Crippen LogP contribution in [0.4, 0.5) is 0 Å². The van der Waals surface area contributed by atoms with E-state index < -0.39 is 10.1 Å². The third kappa shape index (κ3) is 3.40. The lowest BCUT2D eigenvalue weighted by Crippen LogP contribution is -2.12. The van der Waals surface area contributed by atoms with Crippen LogP contribution in [0.2, 0.25) is 0 Å². The van der Waals surface area contributed by atoms with Gasteiger partial charge in [-0.05, 0) is 34.1 Å². The van der Waals surface area contributed by atoms with Crippen molar-refractivity contribution in [3.05, 3.63) is 53.1 Å². The van der Waals surface area contributed by atoms with Crippen LogP contribution in [0.25, 0.3) is 10.9 Å². The van der Waals surface area contributed by atoms with E-state index in [9.17, 15) is 8.42 Å². The van der Waals surface area contributed by atoms with Crippen LogP contribution in [0.3, 0.4) is 0 Å². The van der Waals surface area contributed by atoms with Crippen LogP contribution in [-0.2, 0) is 10.1 Å². The highest BCUT2D eigenvalue weighted by molar-refractivity contribution is 9.10. The Bertz CT molecular complexity index is 1030. The van der Waals surface area contributed by atoms with E-state index in [-0.39, 0.29) is 16.4 Å². The summed E-state index contributed by atoms with van der Waals surface area (Å²) >= 11 is 3.30. The summed E-state index contributed by atoms with van der Waals surface area (Å²) in [5.41, 5.74) is 0.455. The molecule has 2 aromatic carbocycles. The summed E-state index contributed by atoms with van der Waals surface area (Å²) in [4.78, 5) is 4.06. The fourth-order valence-electron chi connectivity index (χ4n) is 2.33. The summed E-state index contributed by atoms with van der Waals surface area (Å²) in [6.45, 7) is 0. The second kappa shape index (κ2) is 6.89. The zero-order valence-electron chi connectivity index (χ0n) is 13.4. The predicted octanol–water partition coefficient (Wildman–Crippen LogP) is 3.78. The topological polar surface area (TPSA) is 74.7 Å². The summed E-state index contributed by atoms with van der Waals surface area (Å²) in [7, 11) is -1.34. The van der Waals surface area contributed by atoms with Crippen LogP contribution in [0, 0.1) is 0 Å². The molecule has 0 N–H and O–H groups in total. The number of nitrogens with zero attached hydrogens (tertiary/aromatic N) is 1. The van der Waals surface area contributed by atoms with E-state index in [1.165, 1.54) is 26.4 Å². The van der Waals surface area contributed by atoms with Crippen molar-refractivity contribution in [3.63, 3.8) is 0 Å². The first-order chi connectivity index (χ1) is 12.0. The van der Waals surface area contributed by atoms with E-state index in [1.807, 2.05) is 12.1 Å². The smallest absolute Gasteiger partial charge is 0.343 e. The van der Waals surface area contributed by atoms with E-state index in [0.717, 1.165) is 5.39 Å². The number of benzene rings is 2. The summed E-state index contributed by atoms with van der Waals surface area (Å²) in [6, 6.07) is 11.5. The molecule has 0 atom stereocenters. The molecule has 0 aliphatic heterocycles. The van der Waals surface area contributed by atoms with Crippen LogP contribution < -0.4 is 13.7 Å². The van der Waals surface area contributed by atoms with Gasteiger partial charge in [0.05, 0.1) is 18.7 Å². The number of hydrogen-bond acceptors (Lipinski definition) is 6. The molecule has 0 bridgehead atoms. The molecule has 3 rings (SSSR count). The molecule has 0 amide bonds. The molecule has 1 aromatic heterocycles. The van der Waals surface area contributed by atoms with Crippen LogP contribution in [0.1, 0.15) is 0 Å². The molecule has 3 aromatic rings. The lowest BCUT2D eigenvalue weighted by Gasteiger charge is -2.14. The van der Waals surface area contributed by atoms with Gasteiger partial charge < -0.3 is 13.7 Å². The molecule has 0 fully saturated rings. The molecule has 25 heavy (non-hydrogen) atoms. The number of pyridine rings is 1. The van der Waals surface area contributed by atoms with Crippen LogP contribution in [-0.4, -0.2) is 27.6 Å². The van der Waals surface area contributed by atoms with Gasteiger partial charge in [0.1, 0.15) is 17.0 Å². The number of halogens is 1. The number of rotatable bonds is 5. The quantitative estimate of drug-likeness (QED) is 0.581. The molecular weight excluding hydrogens is 410 g/mol. The van der Waals surface area contributed by atoms with E-state index in [0.29, 0.717) is 15.7 Å². The number of hydrogen-bond donors (Lipinski definition) is 0. The second-order valence-corrected chi connectivity index (χ2v) is 7.38. The Morgan fingerprint density at radius 1 is 0.960 bits per heavy atom. The maximum absolute atomic E-state index is 12.8. The minimum absolute atomic E-state index is 0.136. The van der Waals surface area contributed by atoms with Gasteiger partial charge in [-0.15, -0.1) is 0 Å². The fraction of sp³-hybridized carbons (Fsp3) is 0.118. The maximum Gasteiger partial charge on any atom is 0.343 e. The molecule has 1 heterocycles. The van der Waals surface area contributed by atoms with Crippen molar-refractivity contribution in [1.82, 2.24) is 4.98 Å². The Morgan fingerprint density at radius 2 is 1.68 bits per heavy atom. The molecule has 6 nitrogen and oxygen atoms in total. The molecule has 0 aliphatic carbocycles. The molecule has 0 radical (unpaired) electrons. The maximum atomic E-state index is 12.8. The highest BCUT2D eigenvalue weighted by Crippen LogP contribution is 2.37. The van der Waals surface area contributed by atoms with Gasteiger partial charge in [0, 0.05) is 17.6 Å². The number of methoxy groups -OCH3 is 2. The number of aromatic nitrogens is 1. The lowest BCUT2D eigenvalue weighted by molar-refractivity contribution is 0.386.